The lowest BCUT2D eigenvalue weighted by atomic mass is 9.91. The van der Waals surface area contributed by atoms with Gasteiger partial charge in [0.15, 0.2) is 11.5 Å². The number of nitrogens with one attached hydrogen (secondary N) is 1. The number of ketones is 1. The van der Waals surface area contributed by atoms with Crippen molar-refractivity contribution in [2.45, 2.75) is 19.4 Å². The maximum atomic E-state index is 13.5. The van der Waals surface area contributed by atoms with Crippen molar-refractivity contribution in [2.24, 2.45) is 5.73 Å². The summed E-state index contributed by atoms with van der Waals surface area (Å²) < 4.78 is 1.67. The minimum absolute atomic E-state index is 0.209. The first kappa shape index (κ1) is 25.9. The molecule has 0 spiro atoms. The first-order valence-electron chi connectivity index (χ1n) is 12.7. The summed E-state index contributed by atoms with van der Waals surface area (Å²) in [7, 11) is 0. The van der Waals surface area contributed by atoms with E-state index in [4.69, 9.17) is 5.73 Å². The average molecular weight is 524 g/mol. The molecule has 5 rings (SSSR count). The van der Waals surface area contributed by atoms with E-state index in [1.165, 1.54) is 4.90 Å². The van der Waals surface area contributed by atoms with Gasteiger partial charge in [-0.3, -0.25) is 14.5 Å². The zero-order chi connectivity index (χ0) is 27.5. The van der Waals surface area contributed by atoms with Crippen LogP contribution in [0.4, 0.5) is 4.79 Å². The number of carbonyl (C=O) groups is 3. The van der Waals surface area contributed by atoms with Crippen LogP contribution in [-0.2, 0) is 6.42 Å². The van der Waals surface area contributed by atoms with E-state index >= 15 is 0 Å². The second-order valence-corrected chi connectivity index (χ2v) is 9.59. The Morgan fingerprint density at radius 1 is 1.03 bits per heavy atom. The third-order valence-corrected chi connectivity index (χ3v) is 6.98. The number of amides is 2. The molecule has 1 unspecified atom stereocenters. The van der Waals surface area contributed by atoms with E-state index in [9.17, 15) is 19.5 Å². The number of piperazine rings is 1. The molecule has 1 aliphatic rings. The van der Waals surface area contributed by atoms with Crippen LogP contribution in [0.2, 0.25) is 0 Å². The molecule has 4 aromatic rings. The van der Waals surface area contributed by atoms with Crippen molar-refractivity contribution >= 4 is 17.8 Å². The summed E-state index contributed by atoms with van der Waals surface area (Å²) in [6.45, 7) is 2.93. The van der Waals surface area contributed by atoms with Crippen molar-refractivity contribution in [3.05, 3.63) is 107 Å². The van der Waals surface area contributed by atoms with Crippen LogP contribution < -0.4 is 11.1 Å². The Bertz CT molecular complexity index is 1530. The Labute approximate surface area is 225 Å². The summed E-state index contributed by atoms with van der Waals surface area (Å²) >= 11 is 0. The van der Waals surface area contributed by atoms with Gasteiger partial charge in [0.05, 0.1) is 5.69 Å². The van der Waals surface area contributed by atoms with Crippen LogP contribution in [0.15, 0.2) is 78.9 Å². The zero-order valence-corrected chi connectivity index (χ0v) is 21.5. The van der Waals surface area contributed by atoms with Crippen molar-refractivity contribution in [1.82, 2.24) is 20.0 Å². The van der Waals surface area contributed by atoms with Gasteiger partial charge in [0.2, 0.25) is 0 Å². The molecule has 9 nitrogen and oxygen atoms in total. The molecular formula is C30H29N5O4. The lowest BCUT2D eigenvalue weighted by Gasteiger charge is -2.33. The standard InChI is InChI=1S/C30H29N5O4/c1-19-15-26(29(31)37)33-35(19)24-10-7-20(8-11-24)16-23-17-22(9-12-25(23)21-5-3-2-4-6-21)28(36)27-18-32-13-14-34(27)30(38)39/h2-12,15,17,27,32H,13-14,16,18H2,1H3,(H2,31,37)(H,38,39). The fourth-order valence-electron chi connectivity index (χ4n) is 4.98. The number of carboxylic acid groups (broad SMARTS) is 1. The van der Waals surface area contributed by atoms with Crippen molar-refractivity contribution in [3.8, 4) is 16.8 Å². The van der Waals surface area contributed by atoms with E-state index in [2.05, 4.69) is 10.4 Å². The molecule has 0 aliphatic carbocycles. The highest BCUT2D eigenvalue weighted by Gasteiger charge is 2.32. The Kier molecular flexibility index (Phi) is 7.25. The van der Waals surface area contributed by atoms with Gasteiger partial charge >= 0.3 is 6.09 Å². The van der Waals surface area contributed by atoms with Gasteiger partial charge in [-0.15, -0.1) is 0 Å². The van der Waals surface area contributed by atoms with E-state index < -0.39 is 18.0 Å². The minimum atomic E-state index is -1.09. The van der Waals surface area contributed by atoms with E-state index in [0.29, 0.717) is 18.5 Å². The van der Waals surface area contributed by atoms with Crippen molar-refractivity contribution in [1.29, 1.82) is 0 Å². The number of rotatable bonds is 7. The fraction of sp³-hybridized carbons (Fsp3) is 0.200. The first-order valence-corrected chi connectivity index (χ1v) is 12.7. The number of aromatic nitrogens is 2. The summed E-state index contributed by atoms with van der Waals surface area (Å²) in [4.78, 5) is 37.9. The number of aryl methyl sites for hydroxylation is 1. The van der Waals surface area contributed by atoms with Gasteiger partial charge < -0.3 is 16.2 Å². The molecule has 3 aromatic carbocycles. The molecule has 0 bridgehead atoms. The van der Waals surface area contributed by atoms with E-state index in [-0.39, 0.29) is 24.6 Å². The number of primary amides is 1. The zero-order valence-electron chi connectivity index (χ0n) is 21.5. The van der Waals surface area contributed by atoms with Gasteiger partial charge in [0.1, 0.15) is 6.04 Å². The molecule has 1 aromatic heterocycles. The van der Waals surface area contributed by atoms with Gasteiger partial charge in [-0.25, -0.2) is 9.48 Å². The molecule has 2 heterocycles. The predicted molar refractivity (Wildman–Crippen MR) is 147 cm³/mol. The maximum Gasteiger partial charge on any atom is 0.408 e. The third-order valence-electron chi connectivity index (χ3n) is 6.98. The lowest BCUT2D eigenvalue weighted by molar-refractivity contribution is 0.0741. The summed E-state index contributed by atoms with van der Waals surface area (Å²) in [5, 5.41) is 17.0. The number of Topliss-reactive ketones (excluding diaryl/α,β-unsaturated/α-hetero) is 1. The topological polar surface area (TPSA) is 131 Å². The fourth-order valence-corrected chi connectivity index (χ4v) is 4.98. The monoisotopic (exact) mass is 523 g/mol. The smallest absolute Gasteiger partial charge is 0.408 e. The van der Waals surface area contributed by atoms with Crippen LogP contribution >= 0.6 is 0 Å². The van der Waals surface area contributed by atoms with Gasteiger partial charge in [-0.05, 0) is 59.9 Å². The van der Waals surface area contributed by atoms with Crippen LogP contribution in [0.1, 0.15) is 37.7 Å². The molecule has 2 amide bonds. The first-order chi connectivity index (χ1) is 18.8. The number of hydrogen-bond acceptors (Lipinski definition) is 5. The van der Waals surface area contributed by atoms with E-state index in [1.807, 2.05) is 73.7 Å². The van der Waals surface area contributed by atoms with E-state index in [1.54, 1.807) is 16.8 Å². The summed E-state index contributed by atoms with van der Waals surface area (Å²) in [5.41, 5.74) is 11.7. The third kappa shape index (κ3) is 5.44. The molecule has 1 saturated heterocycles. The molecule has 1 fully saturated rings. The number of carbonyl (C=O) groups excluding carboxylic acids is 2. The molecular weight excluding hydrogens is 494 g/mol. The van der Waals surface area contributed by atoms with Crippen molar-refractivity contribution in [2.75, 3.05) is 19.6 Å². The quantitative estimate of drug-likeness (QED) is 0.317. The Morgan fingerprint density at radius 3 is 2.44 bits per heavy atom. The van der Waals surface area contributed by atoms with E-state index in [0.717, 1.165) is 33.6 Å². The van der Waals surface area contributed by atoms with Gasteiger partial charge in [0.25, 0.3) is 5.91 Å². The number of nitrogens with zero attached hydrogens (tertiary/aromatic N) is 3. The molecule has 1 aliphatic heterocycles. The summed E-state index contributed by atoms with van der Waals surface area (Å²) in [6, 6.07) is 24.3. The molecule has 39 heavy (non-hydrogen) atoms. The second-order valence-electron chi connectivity index (χ2n) is 9.59. The number of nitrogens with two attached hydrogens (primary N) is 1. The normalized spacial score (nSPS) is 15.2. The highest BCUT2D eigenvalue weighted by atomic mass is 16.4. The van der Waals surface area contributed by atoms with Gasteiger partial charge in [-0.1, -0.05) is 54.6 Å². The average Bonchev–Trinajstić information content (AvgIpc) is 3.35. The lowest BCUT2D eigenvalue weighted by Crippen LogP contribution is -2.56. The van der Waals surface area contributed by atoms with Crippen molar-refractivity contribution in [3.63, 3.8) is 0 Å². The highest BCUT2D eigenvalue weighted by Crippen LogP contribution is 2.28. The molecule has 9 heteroatoms. The Hall–Kier alpha value is -4.76. The van der Waals surface area contributed by atoms with Crippen LogP contribution in [0.3, 0.4) is 0 Å². The predicted octanol–water partition coefficient (Wildman–Crippen LogP) is 3.67. The Balaban J connectivity index is 1.47. The van der Waals surface area contributed by atoms with Crippen molar-refractivity contribution < 1.29 is 19.5 Å². The van der Waals surface area contributed by atoms with Gasteiger partial charge in [0, 0.05) is 30.9 Å². The minimum Gasteiger partial charge on any atom is -0.465 e. The molecule has 0 saturated carbocycles. The van der Waals surface area contributed by atoms with Gasteiger partial charge in [-0.2, -0.15) is 5.10 Å². The van der Waals surface area contributed by atoms with Crippen LogP contribution in [0, 0.1) is 6.92 Å². The molecule has 1 atom stereocenters. The summed E-state index contributed by atoms with van der Waals surface area (Å²) in [6.07, 6.45) is -0.534. The highest BCUT2D eigenvalue weighted by molar-refractivity contribution is 6.02. The molecule has 198 valence electrons. The van der Waals surface area contributed by atoms with Crippen LogP contribution in [0.25, 0.3) is 16.8 Å². The number of hydrogen-bond donors (Lipinski definition) is 3. The largest absolute Gasteiger partial charge is 0.465 e. The van der Waals surface area contributed by atoms with Crippen LogP contribution in [-0.4, -0.2) is 63.2 Å². The maximum absolute atomic E-state index is 13.5. The Morgan fingerprint density at radius 2 is 1.77 bits per heavy atom. The van der Waals surface area contributed by atoms with Crippen LogP contribution in [0.5, 0.6) is 0 Å². The summed E-state index contributed by atoms with van der Waals surface area (Å²) in [5.74, 6) is -0.799. The SMILES string of the molecule is Cc1cc(C(N)=O)nn1-c1ccc(Cc2cc(C(=O)C3CNCCN3C(=O)O)ccc2-c2ccccc2)cc1. The number of benzene rings is 3. The molecule has 4 N–H and O–H groups in total. The second kappa shape index (κ2) is 10.9. The molecule has 0 radical (unpaired) electrons.